The van der Waals surface area contributed by atoms with E-state index < -0.39 is 0 Å². The zero-order valence-electron chi connectivity index (χ0n) is 16.5. The van der Waals surface area contributed by atoms with Gasteiger partial charge in [-0.3, -0.25) is 4.68 Å². The largest absolute Gasteiger partial charge is 0.423 e. The van der Waals surface area contributed by atoms with Crippen LogP contribution in [0.2, 0.25) is 0 Å². The molecule has 6 rings (SSSR count). The normalized spacial score (nSPS) is 14.8. The zero-order valence-corrected chi connectivity index (χ0v) is 16.5. The second-order valence-electron chi connectivity index (χ2n) is 7.41. The molecule has 3 aromatic heterocycles. The highest BCUT2D eigenvalue weighted by atomic mass is 16.5. The lowest BCUT2D eigenvalue weighted by Gasteiger charge is -2.24. The predicted molar refractivity (Wildman–Crippen MR) is 114 cm³/mol. The second kappa shape index (κ2) is 6.70. The Bertz CT molecular complexity index is 1360. The van der Waals surface area contributed by atoms with Crippen LogP contribution in [-0.2, 0) is 11.8 Å². The molecule has 30 heavy (non-hydrogen) atoms. The third-order valence-corrected chi connectivity index (χ3v) is 5.52. The number of nitrogens with zero attached hydrogens (tertiary/aromatic N) is 6. The predicted octanol–water partition coefficient (Wildman–Crippen LogP) is 3.40. The highest BCUT2D eigenvalue weighted by Crippen LogP contribution is 2.29. The van der Waals surface area contributed by atoms with Gasteiger partial charge in [0, 0.05) is 37.3 Å². The lowest BCUT2D eigenvalue weighted by molar-refractivity contribution is 0.120. The van der Waals surface area contributed by atoms with Crippen molar-refractivity contribution < 1.29 is 9.15 Å². The summed E-state index contributed by atoms with van der Waals surface area (Å²) in [5.74, 6) is 0. The van der Waals surface area contributed by atoms with Crippen LogP contribution in [0.25, 0.3) is 38.9 Å². The van der Waals surface area contributed by atoms with Gasteiger partial charge < -0.3 is 14.1 Å². The molecule has 0 unspecified atom stereocenters. The average Bonchev–Trinajstić information content (AvgIpc) is 3.51. The van der Waals surface area contributed by atoms with E-state index >= 15 is 0 Å². The molecule has 1 saturated heterocycles. The van der Waals surface area contributed by atoms with Gasteiger partial charge in [0.2, 0.25) is 0 Å². The summed E-state index contributed by atoms with van der Waals surface area (Å²) in [5, 5.41) is 10.4. The molecule has 0 atom stereocenters. The number of fused-ring (bicyclic) bond motifs is 2. The molecule has 5 aromatic rings. The van der Waals surface area contributed by atoms with E-state index in [2.05, 4.69) is 27.1 Å². The molecule has 0 radical (unpaired) electrons. The van der Waals surface area contributed by atoms with Crippen molar-refractivity contribution in [2.45, 2.75) is 0 Å². The highest BCUT2D eigenvalue weighted by Gasteiger charge is 2.18. The number of morpholine rings is 1. The van der Waals surface area contributed by atoms with E-state index in [-0.39, 0.29) is 0 Å². The molecule has 2 aromatic carbocycles. The number of ether oxygens (including phenoxy) is 1. The van der Waals surface area contributed by atoms with Gasteiger partial charge in [-0.15, -0.1) is 0 Å². The van der Waals surface area contributed by atoms with Crippen molar-refractivity contribution in [2.75, 3.05) is 31.2 Å². The highest BCUT2D eigenvalue weighted by molar-refractivity contribution is 5.93. The topological polar surface area (TPSA) is 74.1 Å². The van der Waals surface area contributed by atoms with Crippen LogP contribution in [0.1, 0.15) is 0 Å². The number of aromatic nitrogens is 5. The Morgan fingerprint density at radius 2 is 1.90 bits per heavy atom. The molecular formula is C22H20N6O2. The van der Waals surface area contributed by atoms with Crippen molar-refractivity contribution in [1.82, 2.24) is 24.5 Å². The maximum Gasteiger partial charge on any atom is 0.298 e. The minimum Gasteiger partial charge on any atom is -0.423 e. The minimum atomic E-state index is 0.645. The smallest absolute Gasteiger partial charge is 0.298 e. The maximum absolute atomic E-state index is 5.94. The summed E-state index contributed by atoms with van der Waals surface area (Å²) < 4.78 is 15.1. The average molecular weight is 400 g/mol. The van der Waals surface area contributed by atoms with Crippen LogP contribution in [0.3, 0.4) is 0 Å². The molecule has 0 aliphatic carbocycles. The molecular weight excluding hydrogens is 380 g/mol. The molecule has 0 spiro atoms. The first-order chi connectivity index (χ1) is 14.8. The zero-order chi connectivity index (χ0) is 20.1. The van der Waals surface area contributed by atoms with Gasteiger partial charge in [0.15, 0.2) is 5.58 Å². The molecule has 0 amide bonds. The van der Waals surface area contributed by atoms with Crippen molar-refractivity contribution in [3.8, 4) is 16.9 Å². The van der Waals surface area contributed by atoms with E-state index in [0.717, 1.165) is 52.0 Å². The van der Waals surface area contributed by atoms with E-state index in [1.165, 1.54) is 0 Å². The summed E-state index contributed by atoms with van der Waals surface area (Å²) in [5.41, 5.74) is 5.51. The van der Waals surface area contributed by atoms with Gasteiger partial charge in [-0.1, -0.05) is 18.2 Å². The number of hydrogen-bond acceptors (Lipinski definition) is 6. The van der Waals surface area contributed by atoms with Gasteiger partial charge in [0.05, 0.1) is 30.6 Å². The minimum absolute atomic E-state index is 0.645. The Labute approximate surface area is 172 Å². The summed E-state index contributed by atoms with van der Waals surface area (Å²) in [6.45, 7) is 2.98. The van der Waals surface area contributed by atoms with Gasteiger partial charge in [0.1, 0.15) is 11.2 Å². The van der Waals surface area contributed by atoms with Crippen molar-refractivity contribution >= 4 is 28.0 Å². The fourth-order valence-electron chi connectivity index (χ4n) is 3.95. The molecule has 4 heterocycles. The molecule has 150 valence electrons. The van der Waals surface area contributed by atoms with Crippen LogP contribution >= 0.6 is 0 Å². The van der Waals surface area contributed by atoms with Crippen LogP contribution in [-0.4, -0.2) is 50.8 Å². The summed E-state index contributed by atoms with van der Waals surface area (Å²) in [7, 11) is 1.96. The first-order valence-electron chi connectivity index (χ1n) is 9.97. The van der Waals surface area contributed by atoms with E-state index in [4.69, 9.17) is 14.3 Å². The van der Waals surface area contributed by atoms with Crippen molar-refractivity contribution in [1.29, 1.82) is 0 Å². The summed E-state index contributed by atoms with van der Waals surface area (Å²) in [6, 6.07) is 14.8. The Kier molecular flexibility index (Phi) is 3.85. The van der Waals surface area contributed by atoms with Gasteiger partial charge in [0.25, 0.3) is 6.01 Å². The standard InChI is InChI=1S/C22H20N6O2/c1-26-19-5-3-2-4-17(19)21(25-26)15-13-23-28(14-15)16-6-7-20-18(12-16)24-22(30-20)27-8-10-29-11-9-27/h2-7,12-14H,8-11H2,1H3. The molecule has 0 bridgehead atoms. The molecule has 1 aliphatic heterocycles. The van der Waals surface area contributed by atoms with Crippen LogP contribution in [0.5, 0.6) is 0 Å². The van der Waals surface area contributed by atoms with Gasteiger partial charge in [-0.25, -0.2) is 4.68 Å². The SMILES string of the molecule is Cn1nc(-c2cnn(-c3ccc4oc(N5CCOCC5)nc4c3)c2)c2ccccc21. The summed E-state index contributed by atoms with van der Waals surface area (Å²) in [4.78, 5) is 6.79. The lowest BCUT2D eigenvalue weighted by atomic mass is 10.1. The molecule has 8 heteroatoms. The Morgan fingerprint density at radius 1 is 1.03 bits per heavy atom. The van der Waals surface area contributed by atoms with Crippen molar-refractivity contribution in [3.05, 3.63) is 54.9 Å². The lowest BCUT2D eigenvalue weighted by Crippen LogP contribution is -2.36. The van der Waals surface area contributed by atoms with Crippen molar-refractivity contribution in [2.24, 2.45) is 7.05 Å². The van der Waals surface area contributed by atoms with Gasteiger partial charge in [-0.05, 0) is 24.3 Å². The van der Waals surface area contributed by atoms with Crippen LogP contribution in [0.4, 0.5) is 6.01 Å². The van der Waals surface area contributed by atoms with E-state index in [9.17, 15) is 0 Å². The molecule has 0 saturated carbocycles. The van der Waals surface area contributed by atoms with E-state index in [1.807, 2.05) is 59.1 Å². The molecule has 0 N–H and O–H groups in total. The van der Waals surface area contributed by atoms with Crippen LogP contribution < -0.4 is 4.90 Å². The van der Waals surface area contributed by atoms with Crippen LogP contribution in [0, 0.1) is 0 Å². The molecule has 8 nitrogen and oxygen atoms in total. The number of hydrogen-bond donors (Lipinski definition) is 0. The summed E-state index contributed by atoms with van der Waals surface area (Å²) >= 11 is 0. The number of rotatable bonds is 3. The van der Waals surface area contributed by atoms with Gasteiger partial charge in [-0.2, -0.15) is 15.2 Å². The fourth-order valence-corrected chi connectivity index (χ4v) is 3.95. The summed E-state index contributed by atoms with van der Waals surface area (Å²) in [6.07, 6.45) is 3.85. The third kappa shape index (κ3) is 2.76. The molecule has 1 fully saturated rings. The quantitative estimate of drug-likeness (QED) is 0.462. The number of oxazole rings is 1. The number of aryl methyl sites for hydroxylation is 1. The monoisotopic (exact) mass is 400 g/mol. The fraction of sp³-hybridized carbons (Fsp3) is 0.227. The molecule has 1 aliphatic rings. The maximum atomic E-state index is 5.94. The van der Waals surface area contributed by atoms with Crippen molar-refractivity contribution in [3.63, 3.8) is 0 Å². The Balaban J connectivity index is 1.36. The second-order valence-corrected chi connectivity index (χ2v) is 7.41. The first kappa shape index (κ1) is 17.2. The van der Waals surface area contributed by atoms with Gasteiger partial charge >= 0.3 is 0 Å². The van der Waals surface area contributed by atoms with E-state index in [1.54, 1.807) is 0 Å². The Morgan fingerprint density at radius 3 is 2.80 bits per heavy atom. The van der Waals surface area contributed by atoms with Crippen LogP contribution in [0.15, 0.2) is 59.3 Å². The number of anilines is 1. The van der Waals surface area contributed by atoms with E-state index in [0.29, 0.717) is 19.2 Å². The number of para-hydroxylation sites is 1. The third-order valence-electron chi connectivity index (χ3n) is 5.52. The first-order valence-corrected chi connectivity index (χ1v) is 9.97. The number of benzene rings is 2. The Hall–Kier alpha value is -3.65.